The Morgan fingerprint density at radius 3 is 2.59 bits per heavy atom. The molecule has 0 bridgehead atoms. The smallest absolute Gasteiger partial charge is 0.127 e. The molecule has 118 valence electrons. The monoisotopic (exact) mass is 323 g/mol. The second-order valence-corrected chi connectivity index (χ2v) is 6.23. The summed E-state index contributed by atoms with van der Waals surface area (Å²) in [7, 11) is 1.60. The first kappa shape index (κ1) is 15.3. The van der Waals surface area contributed by atoms with E-state index in [2.05, 4.69) is 10.3 Å². The van der Waals surface area contributed by atoms with Gasteiger partial charge in [0, 0.05) is 11.3 Å². The van der Waals surface area contributed by atoms with E-state index < -0.39 is 23.7 Å². The second kappa shape index (κ2) is 6.25. The van der Waals surface area contributed by atoms with Gasteiger partial charge in [0.2, 0.25) is 0 Å². The van der Waals surface area contributed by atoms with Crippen molar-refractivity contribution in [2.24, 2.45) is 0 Å². The Bertz CT molecular complexity index is 633. The number of hydrogen-bond acceptors (Lipinski definition) is 7. The van der Waals surface area contributed by atoms with Crippen LogP contribution in [0.3, 0.4) is 0 Å². The minimum atomic E-state index is -1.18. The van der Waals surface area contributed by atoms with Gasteiger partial charge in [0.15, 0.2) is 0 Å². The lowest BCUT2D eigenvalue weighted by Gasteiger charge is -2.34. The number of rotatable bonds is 3. The fraction of sp³-hybridized carbons (Fsp3) is 0.429. The van der Waals surface area contributed by atoms with Crippen LogP contribution in [0.2, 0.25) is 0 Å². The summed E-state index contributed by atoms with van der Waals surface area (Å²) in [4.78, 5) is 0. The third-order valence-electron chi connectivity index (χ3n) is 3.63. The summed E-state index contributed by atoms with van der Waals surface area (Å²) in [5.41, 5.74) is 1.54. The fourth-order valence-corrected chi connectivity index (χ4v) is 3.52. The molecule has 0 unspecified atom stereocenters. The minimum Gasteiger partial charge on any atom is -0.497 e. The van der Waals surface area contributed by atoms with Crippen LogP contribution >= 0.6 is 11.8 Å². The van der Waals surface area contributed by atoms with Crippen molar-refractivity contribution in [2.45, 2.75) is 23.7 Å². The number of benzene rings is 1. The zero-order valence-electron chi connectivity index (χ0n) is 11.9. The first-order valence-corrected chi connectivity index (χ1v) is 7.87. The maximum absolute atomic E-state index is 10.1. The Morgan fingerprint density at radius 2 is 1.91 bits per heavy atom. The summed E-state index contributed by atoms with van der Waals surface area (Å²) in [6, 6.07) is 7.41. The molecule has 0 aliphatic carbocycles. The molecule has 1 aliphatic rings. The zero-order valence-corrected chi connectivity index (χ0v) is 12.7. The number of nitrogens with zero attached hydrogens (tertiary/aromatic N) is 3. The largest absolute Gasteiger partial charge is 0.497 e. The molecule has 2 heterocycles. The molecule has 2 aromatic rings. The fourth-order valence-electron chi connectivity index (χ4n) is 2.32. The lowest BCUT2D eigenvalue weighted by atomic mass is 10.1. The van der Waals surface area contributed by atoms with E-state index in [9.17, 15) is 15.3 Å². The number of methoxy groups -OCH3 is 1. The number of aliphatic hydroxyl groups excluding tert-OH is 3. The highest BCUT2D eigenvalue weighted by molar-refractivity contribution is 7.99. The van der Waals surface area contributed by atoms with Gasteiger partial charge in [-0.2, -0.15) is 0 Å². The molecule has 8 heteroatoms. The lowest BCUT2D eigenvalue weighted by Crippen LogP contribution is -2.47. The molecular weight excluding hydrogens is 306 g/mol. The van der Waals surface area contributed by atoms with E-state index in [1.54, 1.807) is 13.3 Å². The topological polar surface area (TPSA) is 101 Å². The molecule has 0 saturated carbocycles. The molecule has 22 heavy (non-hydrogen) atoms. The summed E-state index contributed by atoms with van der Waals surface area (Å²) in [6.07, 6.45) is -1.49. The van der Waals surface area contributed by atoms with Gasteiger partial charge in [-0.05, 0) is 24.3 Å². The highest BCUT2D eigenvalue weighted by Crippen LogP contribution is 2.35. The van der Waals surface area contributed by atoms with Crippen molar-refractivity contribution in [3.63, 3.8) is 0 Å². The first-order chi connectivity index (χ1) is 10.6. The predicted octanol–water partition coefficient (Wildman–Crippen LogP) is 0.282. The molecule has 1 aliphatic heterocycles. The molecule has 3 rings (SSSR count). The van der Waals surface area contributed by atoms with Crippen molar-refractivity contribution in [1.82, 2.24) is 15.0 Å². The second-order valence-electron chi connectivity index (χ2n) is 5.08. The van der Waals surface area contributed by atoms with Gasteiger partial charge in [0.05, 0.1) is 19.4 Å². The molecule has 0 radical (unpaired) electrons. The molecule has 0 amide bonds. The van der Waals surface area contributed by atoms with Crippen LogP contribution in [0.25, 0.3) is 11.3 Å². The third kappa shape index (κ3) is 2.82. The van der Waals surface area contributed by atoms with E-state index in [-0.39, 0.29) is 0 Å². The Balaban J connectivity index is 1.81. The number of aromatic nitrogens is 3. The van der Waals surface area contributed by atoms with Crippen LogP contribution in [0.15, 0.2) is 30.5 Å². The normalized spacial score (nSPS) is 28.5. The van der Waals surface area contributed by atoms with Crippen LogP contribution in [0.1, 0.15) is 5.37 Å². The standard InChI is InChI=1S/C14H17N3O4S/c1-21-9-4-2-8(3-5-9)10-6-17(16-15-10)14-13(20)12(19)11(18)7-22-14/h2-6,11-14,18-20H,7H2,1H3/t11-,12+,13-,14-/m1/s1. The molecule has 1 saturated heterocycles. The average Bonchev–Trinajstić information content (AvgIpc) is 3.02. The predicted molar refractivity (Wildman–Crippen MR) is 81.5 cm³/mol. The van der Waals surface area contributed by atoms with Crippen molar-refractivity contribution in [3.05, 3.63) is 30.5 Å². The van der Waals surface area contributed by atoms with Crippen LogP contribution in [0, 0.1) is 0 Å². The highest BCUT2D eigenvalue weighted by atomic mass is 32.2. The van der Waals surface area contributed by atoms with Gasteiger partial charge in [0.1, 0.15) is 29.0 Å². The lowest BCUT2D eigenvalue weighted by molar-refractivity contribution is -0.0643. The maximum Gasteiger partial charge on any atom is 0.127 e. The average molecular weight is 323 g/mol. The molecule has 1 aromatic carbocycles. The quantitative estimate of drug-likeness (QED) is 0.746. The summed E-state index contributed by atoms with van der Waals surface area (Å²) < 4.78 is 6.63. The number of aliphatic hydroxyl groups is 3. The Morgan fingerprint density at radius 1 is 1.18 bits per heavy atom. The van der Waals surface area contributed by atoms with E-state index in [0.29, 0.717) is 11.4 Å². The molecule has 4 atom stereocenters. The van der Waals surface area contributed by atoms with Gasteiger partial charge < -0.3 is 20.1 Å². The van der Waals surface area contributed by atoms with Crippen LogP contribution in [0.4, 0.5) is 0 Å². The van der Waals surface area contributed by atoms with Crippen molar-refractivity contribution < 1.29 is 20.1 Å². The van der Waals surface area contributed by atoms with E-state index >= 15 is 0 Å². The molecule has 3 N–H and O–H groups in total. The summed E-state index contributed by atoms with van der Waals surface area (Å²) >= 11 is 1.33. The van der Waals surface area contributed by atoms with Gasteiger partial charge in [0.25, 0.3) is 0 Å². The summed E-state index contributed by atoms with van der Waals surface area (Å²) in [6.45, 7) is 0. The first-order valence-electron chi connectivity index (χ1n) is 6.82. The van der Waals surface area contributed by atoms with E-state index in [4.69, 9.17) is 4.74 Å². The SMILES string of the molecule is COc1ccc(-c2cn([C@@H]3SC[C@@H](O)[C@H](O)[C@H]3O)nn2)cc1. The molecule has 0 spiro atoms. The van der Waals surface area contributed by atoms with Crippen LogP contribution in [-0.2, 0) is 0 Å². The Hall–Kier alpha value is -1.61. The van der Waals surface area contributed by atoms with E-state index in [1.807, 2.05) is 24.3 Å². The Labute approximate surface area is 131 Å². The van der Waals surface area contributed by atoms with Gasteiger partial charge in [-0.3, -0.25) is 0 Å². The molecular formula is C14H17N3O4S. The van der Waals surface area contributed by atoms with Gasteiger partial charge in [-0.15, -0.1) is 16.9 Å². The van der Waals surface area contributed by atoms with Crippen LogP contribution in [-0.4, -0.2) is 61.5 Å². The molecule has 1 fully saturated rings. The van der Waals surface area contributed by atoms with Gasteiger partial charge >= 0.3 is 0 Å². The van der Waals surface area contributed by atoms with E-state index in [1.165, 1.54) is 16.4 Å². The third-order valence-corrected chi connectivity index (χ3v) is 5.00. The Kier molecular flexibility index (Phi) is 4.34. The number of ether oxygens (including phenoxy) is 1. The van der Waals surface area contributed by atoms with Crippen molar-refractivity contribution >= 4 is 11.8 Å². The number of thioether (sulfide) groups is 1. The van der Waals surface area contributed by atoms with Crippen LogP contribution < -0.4 is 4.74 Å². The summed E-state index contributed by atoms with van der Waals surface area (Å²) in [5.74, 6) is 1.09. The van der Waals surface area contributed by atoms with Gasteiger partial charge in [-0.1, -0.05) is 5.21 Å². The number of hydrogen-bond donors (Lipinski definition) is 3. The zero-order chi connectivity index (χ0) is 15.7. The molecule has 1 aromatic heterocycles. The van der Waals surface area contributed by atoms with Gasteiger partial charge in [-0.25, -0.2) is 4.68 Å². The van der Waals surface area contributed by atoms with Crippen LogP contribution in [0.5, 0.6) is 5.75 Å². The highest BCUT2D eigenvalue weighted by Gasteiger charge is 2.38. The van der Waals surface area contributed by atoms with Crippen molar-refractivity contribution in [2.75, 3.05) is 12.9 Å². The summed E-state index contributed by atoms with van der Waals surface area (Å²) in [5, 5.41) is 37.1. The van der Waals surface area contributed by atoms with E-state index in [0.717, 1.165) is 11.3 Å². The van der Waals surface area contributed by atoms with Crippen molar-refractivity contribution in [1.29, 1.82) is 0 Å². The minimum absolute atomic E-state index is 0.334. The van der Waals surface area contributed by atoms with Crippen molar-refractivity contribution in [3.8, 4) is 17.0 Å². The maximum atomic E-state index is 10.1. The molecule has 7 nitrogen and oxygen atoms in total.